The molecule has 1 aliphatic carbocycles. The molecule has 1 aromatic carbocycles. The van der Waals surface area contributed by atoms with E-state index in [9.17, 15) is 9.90 Å². The van der Waals surface area contributed by atoms with Crippen molar-refractivity contribution >= 4 is 33.4 Å². The fourth-order valence-corrected chi connectivity index (χ4v) is 5.14. The lowest BCUT2D eigenvalue weighted by Gasteiger charge is -2.34. The fourth-order valence-electron chi connectivity index (χ4n) is 4.56. The summed E-state index contributed by atoms with van der Waals surface area (Å²) in [4.78, 5) is 21.2. The van der Waals surface area contributed by atoms with Crippen molar-refractivity contribution in [1.29, 1.82) is 0 Å². The molecule has 33 heavy (non-hydrogen) atoms. The second-order valence-corrected chi connectivity index (χ2v) is 9.72. The van der Waals surface area contributed by atoms with Crippen molar-refractivity contribution in [3.8, 4) is 22.4 Å². The van der Waals surface area contributed by atoms with Gasteiger partial charge in [-0.2, -0.15) is 9.61 Å². The number of hydrogen-bond donors (Lipinski definition) is 2. The van der Waals surface area contributed by atoms with Gasteiger partial charge in [-0.1, -0.05) is 36.4 Å². The number of carboxylic acids is 1. The molecule has 4 aromatic rings. The number of hydrogen-bond acceptors (Lipinski definition) is 5. The van der Waals surface area contributed by atoms with Gasteiger partial charge in [0.25, 0.3) is 0 Å². The number of rotatable bonds is 4. The molecule has 3 aromatic heterocycles. The molecule has 0 saturated heterocycles. The second kappa shape index (κ2) is 8.26. The number of nitrogens with two attached hydrogens (primary N) is 1. The van der Waals surface area contributed by atoms with Crippen molar-refractivity contribution in [3.05, 3.63) is 65.0 Å². The van der Waals surface area contributed by atoms with Crippen LogP contribution in [0.4, 0.5) is 5.82 Å². The van der Waals surface area contributed by atoms with E-state index in [0.717, 1.165) is 45.4 Å². The molecule has 0 unspecified atom stereocenters. The third-order valence-corrected chi connectivity index (χ3v) is 7.60. The lowest BCUT2D eigenvalue weighted by atomic mass is 9.71. The van der Waals surface area contributed by atoms with Crippen LogP contribution in [0.2, 0.25) is 0 Å². The number of anilines is 1. The highest BCUT2D eigenvalue weighted by atomic mass is 79.9. The maximum absolute atomic E-state index is 11.6. The molecule has 0 amide bonds. The predicted octanol–water partition coefficient (Wildman–Crippen LogP) is 5.55. The van der Waals surface area contributed by atoms with Gasteiger partial charge in [0.05, 0.1) is 27.5 Å². The summed E-state index contributed by atoms with van der Waals surface area (Å²) in [5, 5.41) is 14.0. The van der Waals surface area contributed by atoms with Crippen LogP contribution in [0, 0.1) is 5.41 Å². The fraction of sp³-hybridized carbons (Fsp3) is 0.280. The Balaban J connectivity index is 1.51. The average Bonchev–Trinajstić information content (AvgIpc) is 3.27. The summed E-state index contributed by atoms with van der Waals surface area (Å²) in [5.41, 5.74) is 11.0. The Morgan fingerprint density at radius 1 is 1.12 bits per heavy atom. The number of aliphatic carboxylic acids is 1. The summed E-state index contributed by atoms with van der Waals surface area (Å²) in [5.74, 6) is -0.102. The van der Waals surface area contributed by atoms with Gasteiger partial charge >= 0.3 is 5.97 Å². The Labute approximate surface area is 199 Å². The van der Waals surface area contributed by atoms with Gasteiger partial charge in [0.1, 0.15) is 5.82 Å². The van der Waals surface area contributed by atoms with E-state index < -0.39 is 11.4 Å². The quantitative estimate of drug-likeness (QED) is 0.376. The lowest BCUT2D eigenvalue weighted by Crippen LogP contribution is -2.32. The zero-order valence-electron chi connectivity index (χ0n) is 18.2. The molecule has 3 N–H and O–H groups in total. The van der Waals surface area contributed by atoms with Crippen molar-refractivity contribution in [1.82, 2.24) is 19.6 Å². The van der Waals surface area contributed by atoms with Crippen LogP contribution in [0.15, 0.2) is 59.3 Å². The Bertz CT molecular complexity index is 1330. The number of nitrogens with zero attached hydrogens (tertiary/aromatic N) is 4. The highest BCUT2D eigenvalue weighted by molar-refractivity contribution is 9.10. The van der Waals surface area contributed by atoms with E-state index in [-0.39, 0.29) is 5.92 Å². The monoisotopic (exact) mass is 505 g/mol. The summed E-state index contributed by atoms with van der Waals surface area (Å²) in [6, 6.07) is 14.0. The molecule has 8 heteroatoms. The summed E-state index contributed by atoms with van der Waals surface area (Å²) in [7, 11) is 0. The summed E-state index contributed by atoms with van der Waals surface area (Å²) in [6.45, 7) is 1.83. The summed E-state index contributed by atoms with van der Waals surface area (Å²) in [6.07, 6.45) is 6.32. The zero-order chi connectivity index (χ0) is 23.2. The van der Waals surface area contributed by atoms with Crippen LogP contribution in [0.3, 0.4) is 0 Å². The van der Waals surface area contributed by atoms with Gasteiger partial charge in [-0.25, -0.2) is 4.98 Å². The minimum absolute atomic E-state index is 0.139. The zero-order valence-corrected chi connectivity index (χ0v) is 19.8. The Morgan fingerprint density at radius 2 is 1.85 bits per heavy atom. The van der Waals surface area contributed by atoms with Crippen LogP contribution in [-0.2, 0) is 4.79 Å². The topological polar surface area (TPSA) is 106 Å². The highest BCUT2D eigenvalue weighted by Crippen LogP contribution is 2.45. The molecule has 168 valence electrons. The van der Waals surface area contributed by atoms with Crippen molar-refractivity contribution in [2.75, 3.05) is 5.73 Å². The van der Waals surface area contributed by atoms with E-state index in [1.54, 1.807) is 10.7 Å². The Morgan fingerprint density at radius 3 is 2.48 bits per heavy atom. The van der Waals surface area contributed by atoms with Crippen molar-refractivity contribution in [3.63, 3.8) is 0 Å². The first kappa shape index (κ1) is 21.6. The Kier molecular flexibility index (Phi) is 5.40. The average molecular weight is 506 g/mol. The third-order valence-electron chi connectivity index (χ3n) is 6.78. The number of benzene rings is 1. The molecule has 3 heterocycles. The molecule has 0 spiro atoms. The number of carbonyl (C=O) groups is 1. The number of carboxylic acid groups (broad SMARTS) is 1. The van der Waals surface area contributed by atoms with E-state index in [0.29, 0.717) is 24.3 Å². The molecular formula is C25H24BrN5O2. The molecule has 7 nitrogen and oxygen atoms in total. The van der Waals surface area contributed by atoms with Crippen LogP contribution < -0.4 is 5.73 Å². The number of halogens is 1. The SMILES string of the molecule is C[C@]1(C(=O)O)CC[C@@H](c2nc3c(-c4ccc(-c5ccccc5)nc4)cnn3c(N)c2Br)CC1. The van der Waals surface area contributed by atoms with E-state index in [4.69, 9.17) is 10.7 Å². The van der Waals surface area contributed by atoms with E-state index in [2.05, 4.69) is 26.0 Å². The van der Waals surface area contributed by atoms with E-state index >= 15 is 0 Å². The highest BCUT2D eigenvalue weighted by Gasteiger charge is 2.39. The van der Waals surface area contributed by atoms with Gasteiger partial charge in [-0.05, 0) is 54.6 Å². The smallest absolute Gasteiger partial charge is 0.309 e. The number of pyridine rings is 1. The molecule has 0 aliphatic heterocycles. The minimum atomic E-state index is -0.729. The molecular weight excluding hydrogens is 482 g/mol. The van der Waals surface area contributed by atoms with E-state index in [1.807, 2.05) is 55.6 Å². The number of aromatic nitrogens is 4. The van der Waals surface area contributed by atoms with Gasteiger partial charge < -0.3 is 10.8 Å². The molecule has 0 bridgehead atoms. The van der Waals surface area contributed by atoms with Crippen LogP contribution in [0.25, 0.3) is 28.0 Å². The van der Waals surface area contributed by atoms with Gasteiger partial charge in [-0.3, -0.25) is 9.78 Å². The van der Waals surface area contributed by atoms with Crippen LogP contribution in [0.5, 0.6) is 0 Å². The van der Waals surface area contributed by atoms with Crippen molar-refractivity contribution < 1.29 is 9.90 Å². The molecule has 1 fully saturated rings. The van der Waals surface area contributed by atoms with Crippen molar-refractivity contribution in [2.24, 2.45) is 5.41 Å². The molecule has 0 atom stereocenters. The summed E-state index contributed by atoms with van der Waals surface area (Å²) < 4.78 is 2.37. The van der Waals surface area contributed by atoms with Crippen LogP contribution in [-0.4, -0.2) is 30.7 Å². The maximum Gasteiger partial charge on any atom is 0.309 e. The molecule has 0 radical (unpaired) electrons. The van der Waals surface area contributed by atoms with Gasteiger partial charge in [0.2, 0.25) is 0 Å². The molecule has 1 saturated carbocycles. The predicted molar refractivity (Wildman–Crippen MR) is 131 cm³/mol. The normalized spacial score (nSPS) is 20.7. The first-order valence-electron chi connectivity index (χ1n) is 11.0. The van der Waals surface area contributed by atoms with Crippen LogP contribution >= 0.6 is 15.9 Å². The van der Waals surface area contributed by atoms with Gasteiger partial charge in [0, 0.05) is 28.8 Å². The molecule has 1 aliphatic rings. The maximum atomic E-state index is 11.6. The van der Waals surface area contributed by atoms with Gasteiger partial charge in [0.15, 0.2) is 5.65 Å². The Hall–Kier alpha value is -3.26. The minimum Gasteiger partial charge on any atom is -0.481 e. The second-order valence-electron chi connectivity index (χ2n) is 8.93. The number of fused-ring (bicyclic) bond motifs is 1. The summed E-state index contributed by atoms with van der Waals surface area (Å²) >= 11 is 3.62. The lowest BCUT2D eigenvalue weighted by molar-refractivity contribution is -0.150. The van der Waals surface area contributed by atoms with Gasteiger partial charge in [-0.15, -0.1) is 0 Å². The van der Waals surface area contributed by atoms with Crippen LogP contribution in [0.1, 0.15) is 44.2 Å². The first-order valence-corrected chi connectivity index (χ1v) is 11.7. The van der Waals surface area contributed by atoms with Crippen molar-refractivity contribution in [2.45, 2.75) is 38.5 Å². The third kappa shape index (κ3) is 3.78. The standard InChI is InChI=1S/C25H24BrN5O2/c1-25(24(32)33)11-9-16(10-12-25)21-20(26)22(27)31-23(30-21)18(14-29-31)17-7-8-19(28-13-17)15-5-3-2-4-6-15/h2-8,13-14,16H,9-12,27H2,1H3,(H,32,33)/t16-,25+. The largest absolute Gasteiger partial charge is 0.481 e. The molecule has 5 rings (SSSR count). The number of nitrogen functional groups attached to an aromatic ring is 1. The first-order chi connectivity index (χ1) is 15.9. The van der Waals surface area contributed by atoms with E-state index in [1.165, 1.54) is 0 Å².